The van der Waals surface area contributed by atoms with E-state index < -0.39 is 24.0 Å². The molecule has 0 unspecified atom stereocenters. The Labute approximate surface area is 135 Å². The summed E-state index contributed by atoms with van der Waals surface area (Å²) in [5.74, 6) is -1.03. The lowest BCUT2D eigenvalue weighted by Crippen LogP contribution is -2.62. The van der Waals surface area contributed by atoms with Gasteiger partial charge in [0.2, 0.25) is 11.8 Å². The predicted octanol–water partition coefficient (Wildman–Crippen LogP) is 1.15. The number of carbonyl (C=O) groups excluding carboxylic acids is 2. The molecule has 0 saturated carbocycles. The first-order valence-electron chi connectivity index (χ1n) is 7.66. The van der Waals surface area contributed by atoms with Crippen LogP contribution in [0.1, 0.15) is 18.4 Å². The molecule has 0 atom stereocenters. The van der Waals surface area contributed by atoms with Crippen LogP contribution in [0.2, 0.25) is 0 Å². The van der Waals surface area contributed by atoms with Crippen molar-refractivity contribution in [3.05, 3.63) is 48.0 Å². The molecule has 0 spiro atoms. The monoisotopic (exact) mass is 319 g/mol. The van der Waals surface area contributed by atoms with E-state index in [0.717, 1.165) is 18.7 Å². The Hall–Kier alpha value is -2.21. The Morgan fingerprint density at radius 2 is 1.91 bits per heavy atom. The summed E-state index contributed by atoms with van der Waals surface area (Å²) in [5.41, 5.74) is 5.66. The second kappa shape index (κ2) is 7.87. The Bertz CT molecular complexity index is 566. The first-order chi connectivity index (χ1) is 11.1. The molecular weight excluding hydrogens is 297 g/mol. The van der Waals surface area contributed by atoms with Crippen LogP contribution in [0.4, 0.5) is 4.39 Å². The van der Waals surface area contributed by atoms with Crippen LogP contribution in [0, 0.1) is 0 Å². The topological polar surface area (TPSA) is 75.4 Å². The molecule has 1 saturated heterocycles. The summed E-state index contributed by atoms with van der Waals surface area (Å²) in [5, 5.41) is 2.66. The van der Waals surface area contributed by atoms with Gasteiger partial charge in [0.05, 0.1) is 0 Å². The zero-order valence-electron chi connectivity index (χ0n) is 13.0. The lowest BCUT2D eigenvalue weighted by Gasteiger charge is -2.40. The highest BCUT2D eigenvalue weighted by atomic mass is 19.1. The lowest BCUT2D eigenvalue weighted by molar-refractivity contribution is -0.131. The smallest absolute Gasteiger partial charge is 0.244 e. The quantitative estimate of drug-likeness (QED) is 0.772. The van der Waals surface area contributed by atoms with Gasteiger partial charge in [0, 0.05) is 25.7 Å². The number of hydrogen-bond acceptors (Lipinski definition) is 3. The van der Waals surface area contributed by atoms with Gasteiger partial charge < -0.3 is 11.1 Å². The Kier molecular flexibility index (Phi) is 5.87. The Morgan fingerprint density at radius 1 is 1.26 bits per heavy atom. The fourth-order valence-electron chi connectivity index (χ4n) is 2.80. The highest BCUT2D eigenvalue weighted by Gasteiger charge is 2.40. The molecule has 0 aliphatic carbocycles. The number of piperidine rings is 1. The van der Waals surface area contributed by atoms with Crippen molar-refractivity contribution in [3.63, 3.8) is 0 Å². The molecule has 124 valence electrons. The van der Waals surface area contributed by atoms with E-state index in [0.29, 0.717) is 25.9 Å². The molecule has 0 bridgehead atoms. The second-order valence-electron chi connectivity index (χ2n) is 5.75. The minimum atomic E-state index is -1.05. The average Bonchev–Trinajstić information content (AvgIpc) is 2.55. The second-order valence-corrected chi connectivity index (χ2v) is 5.75. The van der Waals surface area contributed by atoms with E-state index >= 15 is 0 Å². The van der Waals surface area contributed by atoms with Crippen LogP contribution in [-0.4, -0.2) is 42.0 Å². The van der Waals surface area contributed by atoms with Crippen LogP contribution >= 0.6 is 0 Å². The van der Waals surface area contributed by atoms with Gasteiger partial charge in [-0.25, -0.2) is 4.39 Å². The van der Waals surface area contributed by atoms with E-state index in [2.05, 4.69) is 22.3 Å². The van der Waals surface area contributed by atoms with Crippen LogP contribution in [0.5, 0.6) is 0 Å². The van der Waals surface area contributed by atoms with Crippen LogP contribution < -0.4 is 11.1 Å². The number of alkyl halides is 1. The van der Waals surface area contributed by atoms with Crippen LogP contribution in [0.25, 0.3) is 0 Å². The molecule has 1 fully saturated rings. The molecule has 2 amide bonds. The molecule has 1 aliphatic rings. The number of carbonyl (C=O) groups is 2. The minimum absolute atomic E-state index is 0.449. The van der Waals surface area contributed by atoms with Gasteiger partial charge in [0.1, 0.15) is 12.2 Å². The van der Waals surface area contributed by atoms with Crippen molar-refractivity contribution >= 4 is 11.8 Å². The zero-order valence-corrected chi connectivity index (χ0v) is 13.0. The number of benzene rings is 1. The van der Waals surface area contributed by atoms with Crippen molar-refractivity contribution < 1.29 is 14.0 Å². The van der Waals surface area contributed by atoms with Crippen molar-refractivity contribution in [1.82, 2.24) is 10.2 Å². The van der Waals surface area contributed by atoms with Crippen LogP contribution in [0.15, 0.2) is 42.5 Å². The minimum Gasteiger partial charge on any atom is -0.368 e. The molecule has 1 aromatic carbocycles. The number of likely N-dealkylation sites (tertiary alicyclic amines) is 1. The molecule has 23 heavy (non-hydrogen) atoms. The summed E-state index contributed by atoms with van der Waals surface area (Å²) < 4.78 is 12.1. The van der Waals surface area contributed by atoms with Gasteiger partial charge in [0.15, 0.2) is 0 Å². The fraction of sp³-hybridized carbons (Fsp3) is 0.412. The summed E-state index contributed by atoms with van der Waals surface area (Å²) in [6.07, 6.45) is 3.10. The van der Waals surface area contributed by atoms with Crippen molar-refractivity contribution in [2.45, 2.75) is 24.9 Å². The number of hydrogen-bond donors (Lipinski definition) is 2. The van der Waals surface area contributed by atoms with E-state index in [1.807, 2.05) is 18.2 Å². The highest BCUT2D eigenvalue weighted by molar-refractivity contribution is 5.95. The average molecular weight is 319 g/mol. The van der Waals surface area contributed by atoms with Crippen LogP contribution in [0.3, 0.4) is 0 Å². The Balaban J connectivity index is 1.96. The van der Waals surface area contributed by atoms with E-state index in [-0.39, 0.29) is 0 Å². The van der Waals surface area contributed by atoms with Gasteiger partial charge >= 0.3 is 0 Å². The number of nitrogens with zero attached hydrogens (tertiary/aromatic N) is 1. The maximum absolute atomic E-state index is 12.1. The molecule has 3 N–H and O–H groups in total. The molecule has 1 aliphatic heterocycles. The van der Waals surface area contributed by atoms with Gasteiger partial charge in [-0.3, -0.25) is 14.5 Å². The van der Waals surface area contributed by atoms with Crippen molar-refractivity contribution in [2.75, 3.05) is 19.8 Å². The van der Waals surface area contributed by atoms with Gasteiger partial charge in [0.25, 0.3) is 0 Å². The first kappa shape index (κ1) is 17.1. The van der Waals surface area contributed by atoms with Gasteiger partial charge in [-0.1, -0.05) is 30.3 Å². The SMILES string of the molecule is NC(=O)C1(NC(=O)/C=C/CF)CCN(Cc2ccccc2)CC1. The number of amides is 2. The molecule has 2 rings (SSSR count). The van der Waals surface area contributed by atoms with Crippen LogP contribution in [-0.2, 0) is 16.1 Å². The molecule has 6 heteroatoms. The zero-order chi connectivity index (χ0) is 16.7. The van der Waals surface area contributed by atoms with E-state index in [1.165, 1.54) is 5.56 Å². The molecule has 0 aromatic heterocycles. The summed E-state index contributed by atoms with van der Waals surface area (Å²) >= 11 is 0. The maximum atomic E-state index is 12.1. The standard InChI is InChI=1S/C17H22FN3O2/c18-10-4-7-15(22)20-17(16(19)23)8-11-21(12-9-17)13-14-5-2-1-3-6-14/h1-7H,8-13H2,(H2,19,23)(H,20,22)/b7-4+. The maximum Gasteiger partial charge on any atom is 0.244 e. The summed E-state index contributed by atoms with van der Waals surface area (Å²) in [6.45, 7) is 1.39. The van der Waals surface area contributed by atoms with Crippen molar-refractivity contribution in [1.29, 1.82) is 0 Å². The summed E-state index contributed by atoms with van der Waals surface area (Å²) in [6, 6.07) is 10.1. The number of rotatable bonds is 6. The van der Waals surface area contributed by atoms with E-state index in [9.17, 15) is 14.0 Å². The molecular formula is C17H22FN3O2. The van der Waals surface area contributed by atoms with Gasteiger partial charge in [-0.2, -0.15) is 0 Å². The fourth-order valence-corrected chi connectivity index (χ4v) is 2.80. The summed E-state index contributed by atoms with van der Waals surface area (Å²) in [4.78, 5) is 25.8. The first-order valence-corrected chi connectivity index (χ1v) is 7.66. The van der Waals surface area contributed by atoms with E-state index in [1.54, 1.807) is 0 Å². The largest absolute Gasteiger partial charge is 0.368 e. The molecule has 1 aromatic rings. The molecule has 1 heterocycles. The van der Waals surface area contributed by atoms with Gasteiger partial charge in [-0.05, 0) is 24.5 Å². The lowest BCUT2D eigenvalue weighted by atomic mass is 9.86. The van der Waals surface area contributed by atoms with Gasteiger partial charge in [-0.15, -0.1) is 0 Å². The normalized spacial score (nSPS) is 18.0. The number of primary amides is 1. The molecule has 5 nitrogen and oxygen atoms in total. The summed E-state index contributed by atoms with van der Waals surface area (Å²) in [7, 11) is 0. The number of nitrogens with one attached hydrogen (secondary N) is 1. The third kappa shape index (κ3) is 4.63. The molecule has 0 radical (unpaired) electrons. The Morgan fingerprint density at radius 3 is 2.48 bits per heavy atom. The number of halogens is 1. The highest BCUT2D eigenvalue weighted by Crippen LogP contribution is 2.23. The van der Waals surface area contributed by atoms with E-state index in [4.69, 9.17) is 5.73 Å². The van der Waals surface area contributed by atoms with Crippen molar-refractivity contribution in [2.24, 2.45) is 5.73 Å². The number of nitrogens with two attached hydrogens (primary N) is 1. The number of allylic oxidation sites excluding steroid dienone is 1. The van der Waals surface area contributed by atoms with Crippen molar-refractivity contribution in [3.8, 4) is 0 Å². The third-order valence-corrected chi connectivity index (χ3v) is 4.15. The third-order valence-electron chi connectivity index (χ3n) is 4.15. The predicted molar refractivity (Wildman–Crippen MR) is 86.1 cm³/mol.